The molecule has 0 aliphatic carbocycles. The summed E-state index contributed by atoms with van der Waals surface area (Å²) in [6.45, 7) is 3.38. The highest BCUT2D eigenvalue weighted by Gasteiger charge is 2.22. The number of aliphatic hydroxyl groups is 1. The van der Waals surface area contributed by atoms with E-state index >= 15 is 0 Å². The molecule has 4 rings (SSSR count). The summed E-state index contributed by atoms with van der Waals surface area (Å²) in [6.07, 6.45) is 3.54. The summed E-state index contributed by atoms with van der Waals surface area (Å²) in [6, 6.07) is 7.89. The van der Waals surface area contributed by atoms with Crippen LogP contribution in [0, 0.1) is 6.92 Å². The van der Waals surface area contributed by atoms with Crippen molar-refractivity contribution in [2.75, 3.05) is 27.2 Å². The molecule has 0 unspecified atom stereocenters. The molecule has 4 aromatic rings. The van der Waals surface area contributed by atoms with Crippen molar-refractivity contribution in [1.82, 2.24) is 19.8 Å². The van der Waals surface area contributed by atoms with E-state index in [1.165, 1.54) is 0 Å². The van der Waals surface area contributed by atoms with Gasteiger partial charge in [0.15, 0.2) is 0 Å². The van der Waals surface area contributed by atoms with Gasteiger partial charge in [-0.05, 0) is 55.7 Å². The second-order valence-electron chi connectivity index (χ2n) is 7.77. The summed E-state index contributed by atoms with van der Waals surface area (Å²) in [5.41, 5.74) is 4.66. The smallest absolute Gasteiger partial charge is 0.252 e. The number of rotatable bonds is 5. The van der Waals surface area contributed by atoms with Crippen LogP contribution in [0.1, 0.15) is 21.5 Å². The molecule has 2 heterocycles. The number of aromatic nitrogens is 2. The topological polar surface area (TPSA) is 70.4 Å². The van der Waals surface area contributed by atoms with Crippen LogP contribution in [0.2, 0.25) is 0 Å². The summed E-state index contributed by atoms with van der Waals surface area (Å²) in [5, 5.41) is 16.5. The van der Waals surface area contributed by atoms with E-state index < -0.39 is 0 Å². The number of nitrogens with zero attached hydrogens (tertiary/aromatic N) is 3. The van der Waals surface area contributed by atoms with Crippen LogP contribution in [-0.4, -0.2) is 52.6 Å². The first-order valence-electron chi connectivity index (χ1n) is 9.75. The van der Waals surface area contributed by atoms with Crippen LogP contribution >= 0.6 is 0 Å². The number of fused-ring (bicyclic) bond motifs is 4. The van der Waals surface area contributed by atoms with Crippen molar-refractivity contribution in [1.29, 1.82) is 0 Å². The third-order valence-corrected chi connectivity index (χ3v) is 5.62. The van der Waals surface area contributed by atoms with Crippen LogP contribution < -0.4 is 5.32 Å². The number of hydrogen-bond acceptors (Lipinski definition) is 4. The molecule has 0 spiro atoms. The number of carbonyl (C=O) groups excluding carboxylic acids is 1. The first kappa shape index (κ1) is 19.4. The van der Waals surface area contributed by atoms with Crippen molar-refractivity contribution < 1.29 is 9.90 Å². The van der Waals surface area contributed by atoms with Gasteiger partial charge in [-0.25, -0.2) is 0 Å². The fraction of sp³-hybridized carbons (Fsp3) is 0.304. The molecule has 2 aromatic heterocycles. The number of aryl methyl sites for hydroxylation is 2. The van der Waals surface area contributed by atoms with E-state index in [2.05, 4.69) is 21.8 Å². The largest absolute Gasteiger partial charge is 0.392 e. The molecular weight excluding hydrogens is 364 g/mol. The Balaban J connectivity index is 2.08. The molecular formula is C23H26N4O2. The zero-order valence-electron chi connectivity index (χ0n) is 17.3. The van der Waals surface area contributed by atoms with E-state index in [1.54, 1.807) is 12.4 Å². The minimum absolute atomic E-state index is 0.0369. The third-order valence-electron chi connectivity index (χ3n) is 5.62. The van der Waals surface area contributed by atoms with Crippen molar-refractivity contribution in [2.24, 2.45) is 7.05 Å². The molecule has 2 N–H and O–H groups in total. The fourth-order valence-electron chi connectivity index (χ4n) is 4.18. The Hall–Kier alpha value is -2.96. The van der Waals surface area contributed by atoms with Crippen molar-refractivity contribution in [3.8, 4) is 0 Å². The first-order valence-corrected chi connectivity index (χ1v) is 9.75. The molecule has 0 aliphatic rings. The Bertz CT molecular complexity index is 1240. The van der Waals surface area contributed by atoms with Gasteiger partial charge in [0.2, 0.25) is 0 Å². The lowest BCUT2D eigenvalue weighted by molar-refractivity contribution is 0.0954. The van der Waals surface area contributed by atoms with Crippen molar-refractivity contribution >= 4 is 38.5 Å². The van der Waals surface area contributed by atoms with Gasteiger partial charge >= 0.3 is 0 Å². The maximum absolute atomic E-state index is 13.4. The van der Waals surface area contributed by atoms with Crippen molar-refractivity contribution in [3.05, 3.63) is 53.3 Å². The average Bonchev–Trinajstić information content (AvgIpc) is 3.00. The minimum atomic E-state index is -0.100. The van der Waals surface area contributed by atoms with Crippen LogP contribution in [0.3, 0.4) is 0 Å². The predicted octanol–water partition coefficient (Wildman–Crippen LogP) is 2.97. The van der Waals surface area contributed by atoms with Crippen LogP contribution in [0.25, 0.3) is 32.6 Å². The second kappa shape index (κ2) is 7.46. The van der Waals surface area contributed by atoms with Gasteiger partial charge in [0, 0.05) is 54.2 Å². The highest BCUT2D eigenvalue weighted by atomic mass is 16.3. The van der Waals surface area contributed by atoms with Crippen LogP contribution in [0.5, 0.6) is 0 Å². The fourth-order valence-corrected chi connectivity index (χ4v) is 4.18. The second-order valence-corrected chi connectivity index (χ2v) is 7.77. The Morgan fingerprint density at radius 2 is 2.00 bits per heavy atom. The lowest BCUT2D eigenvalue weighted by atomic mass is 9.95. The molecule has 2 aromatic carbocycles. The van der Waals surface area contributed by atoms with Crippen molar-refractivity contribution in [2.45, 2.75) is 13.5 Å². The van der Waals surface area contributed by atoms with E-state index in [0.717, 1.165) is 50.2 Å². The Morgan fingerprint density at radius 3 is 2.72 bits per heavy atom. The van der Waals surface area contributed by atoms with Gasteiger partial charge in [-0.15, -0.1) is 0 Å². The number of nitrogens with one attached hydrogen (secondary N) is 1. The quantitative estimate of drug-likeness (QED) is 0.550. The summed E-state index contributed by atoms with van der Waals surface area (Å²) in [7, 11) is 5.99. The zero-order valence-corrected chi connectivity index (χ0v) is 17.3. The molecule has 6 nitrogen and oxygen atoms in total. The van der Waals surface area contributed by atoms with Gasteiger partial charge in [-0.1, -0.05) is 6.07 Å². The number of hydrogen-bond donors (Lipinski definition) is 2. The molecule has 29 heavy (non-hydrogen) atoms. The summed E-state index contributed by atoms with van der Waals surface area (Å²) in [4.78, 5) is 19.7. The minimum Gasteiger partial charge on any atom is -0.392 e. The molecule has 0 aliphatic heterocycles. The monoisotopic (exact) mass is 390 g/mol. The predicted molar refractivity (Wildman–Crippen MR) is 117 cm³/mol. The van der Waals surface area contributed by atoms with E-state index in [4.69, 9.17) is 0 Å². The molecule has 0 radical (unpaired) electrons. The first-order chi connectivity index (χ1) is 13.9. The van der Waals surface area contributed by atoms with Crippen LogP contribution in [-0.2, 0) is 13.7 Å². The summed E-state index contributed by atoms with van der Waals surface area (Å²) in [5.74, 6) is -0.100. The lowest BCUT2D eigenvalue weighted by Gasteiger charge is -2.14. The number of pyridine rings is 1. The highest BCUT2D eigenvalue weighted by Crippen LogP contribution is 2.38. The summed E-state index contributed by atoms with van der Waals surface area (Å²) < 4.78 is 2.14. The maximum Gasteiger partial charge on any atom is 0.252 e. The van der Waals surface area contributed by atoms with Crippen LogP contribution in [0.15, 0.2) is 36.7 Å². The Kier molecular flexibility index (Phi) is 4.98. The molecule has 0 atom stereocenters. The van der Waals surface area contributed by atoms with Crippen LogP contribution in [0.4, 0.5) is 0 Å². The normalized spacial score (nSPS) is 11.8. The molecule has 150 valence electrons. The average molecular weight is 390 g/mol. The van der Waals surface area contributed by atoms with E-state index in [9.17, 15) is 9.90 Å². The molecule has 0 fully saturated rings. The van der Waals surface area contributed by atoms with Gasteiger partial charge < -0.3 is 19.9 Å². The highest BCUT2D eigenvalue weighted by molar-refractivity contribution is 6.26. The number of carbonyl (C=O) groups is 1. The maximum atomic E-state index is 13.4. The van der Waals surface area contributed by atoms with Gasteiger partial charge in [0.1, 0.15) is 0 Å². The van der Waals surface area contributed by atoms with E-state index in [0.29, 0.717) is 12.1 Å². The Labute approximate surface area is 169 Å². The summed E-state index contributed by atoms with van der Waals surface area (Å²) >= 11 is 0. The van der Waals surface area contributed by atoms with Gasteiger partial charge in [-0.2, -0.15) is 0 Å². The van der Waals surface area contributed by atoms with Crippen molar-refractivity contribution in [3.63, 3.8) is 0 Å². The molecule has 0 bridgehead atoms. The molecule has 6 heteroatoms. The standard InChI is InChI=1S/C23H26N4O2/c1-14-16-7-8-24-12-18(16)21(23(29)25-9-10-26(2)3)20-17-11-15(13-28)5-6-19(17)27(4)22(14)20/h5-8,11-12,28H,9-10,13H2,1-4H3,(H,25,29). The zero-order chi connectivity index (χ0) is 20.7. The Morgan fingerprint density at radius 1 is 1.21 bits per heavy atom. The van der Waals surface area contributed by atoms with Gasteiger partial charge in [0.25, 0.3) is 5.91 Å². The van der Waals surface area contributed by atoms with Gasteiger partial charge in [-0.3, -0.25) is 9.78 Å². The molecule has 0 saturated heterocycles. The SMILES string of the molecule is Cc1c2ccncc2c(C(=O)NCCN(C)C)c2c3cc(CO)ccc3n(C)c12. The number of aliphatic hydroxyl groups excluding tert-OH is 1. The number of benzene rings is 2. The number of likely N-dealkylation sites (N-methyl/N-ethyl adjacent to an activating group) is 1. The molecule has 1 amide bonds. The van der Waals surface area contributed by atoms with E-state index in [1.807, 2.05) is 50.3 Å². The van der Waals surface area contributed by atoms with E-state index in [-0.39, 0.29) is 12.5 Å². The molecule has 0 saturated carbocycles. The lowest BCUT2D eigenvalue weighted by Crippen LogP contribution is -2.31. The van der Waals surface area contributed by atoms with Gasteiger partial charge in [0.05, 0.1) is 17.7 Å². The third kappa shape index (κ3) is 3.14. The number of amides is 1.